The van der Waals surface area contributed by atoms with Crippen molar-refractivity contribution in [3.8, 4) is 0 Å². The number of amides is 1. The minimum absolute atomic E-state index is 0. The van der Waals surface area contributed by atoms with Gasteiger partial charge in [-0.3, -0.25) is 9.59 Å². The van der Waals surface area contributed by atoms with Crippen LogP contribution in [0, 0.1) is 0 Å². The summed E-state index contributed by atoms with van der Waals surface area (Å²) in [4.78, 5) is 25.7. The van der Waals surface area contributed by atoms with Crippen molar-refractivity contribution in [3.05, 3.63) is 35.4 Å². The Kier molecular flexibility index (Phi) is 6.37. The molecule has 5 heteroatoms. The third-order valence-electron chi connectivity index (χ3n) is 3.96. The normalized spacial score (nSPS) is 19.6. The first-order chi connectivity index (χ1) is 9.50. The van der Waals surface area contributed by atoms with Gasteiger partial charge in [-0.25, -0.2) is 0 Å². The first-order valence-electron chi connectivity index (χ1n) is 7.18. The molecule has 1 heterocycles. The van der Waals surface area contributed by atoms with Crippen molar-refractivity contribution < 1.29 is 9.59 Å². The van der Waals surface area contributed by atoms with Crippen molar-refractivity contribution in [2.24, 2.45) is 5.73 Å². The molecular formula is C16H23ClN2O2. The lowest BCUT2D eigenvalue weighted by Gasteiger charge is -2.38. The fourth-order valence-electron chi connectivity index (χ4n) is 2.77. The Morgan fingerprint density at radius 2 is 1.76 bits per heavy atom. The van der Waals surface area contributed by atoms with Crippen molar-refractivity contribution in [3.63, 3.8) is 0 Å². The Morgan fingerprint density at radius 1 is 1.19 bits per heavy atom. The van der Waals surface area contributed by atoms with E-state index in [0.717, 1.165) is 25.8 Å². The minimum Gasteiger partial charge on any atom is -0.334 e. The number of hydrogen-bond acceptors (Lipinski definition) is 3. The molecule has 1 amide bonds. The van der Waals surface area contributed by atoms with E-state index in [1.54, 1.807) is 24.3 Å². The van der Waals surface area contributed by atoms with Gasteiger partial charge in [0.05, 0.1) is 0 Å². The molecule has 1 aromatic carbocycles. The van der Waals surface area contributed by atoms with Gasteiger partial charge in [-0.05, 0) is 45.2 Å². The highest BCUT2D eigenvalue weighted by Gasteiger charge is 2.29. The summed E-state index contributed by atoms with van der Waals surface area (Å²) in [5.41, 5.74) is 7.25. The molecule has 1 aliphatic rings. The van der Waals surface area contributed by atoms with E-state index >= 15 is 0 Å². The van der Waals surface area contributed by atoms with Gasteiger partial charge < -0.3 is 10.6 Å². The molecule has 0 aromatic heterocycles. The summed E-state index contributed by atoms with van der Waals surface area (Å²) in [7, 11) is 0. The number of halogens is 1. The highest BCUT2D eigenvalue weighted by molar-refractivity contribution is 5.97. The monoisotopic (exact) mass is 310 g/mol. The zero-order valence-corrected chi connectivity index (χ0v) is 13.4. The molecule has 2 unspecified atom stereocenters. The van der Waals surface area contributed by atoms with Crippen LogP contribution in [0.25, 0.3) is 0 Å². The molecule has 4 nitrogen and oxygen atoms in total. The number of carbonyl (C=O) groups is 2. The van der Waals surface area contributed by atoms with E-state index in [-0.39, 0.29) is 36.2 Å². The maximum atomic E-state index is 12.6. The molecule has 1 aliphatic heterocycles. The molecule has 2 N–H and O–H groups in total. The number of hydrogen-bond donors (Lipinski definition) is 1. The Labute approximate surface area is 132 Å². The highest BCUT2D eigenvalue weighted by Crippen LogP contribution is 2.21. The second-order valence-electron chi connectivity index (χ2n) is 5.55. The lowest BCUT2D eigenvalue weighted by Crippen LogP contribution is -2.51. The number of benzene rings is 1. The van der Waals surface area contributed by atoms with E-state index in [1.807, 2.05) is 11.8 Å². The number of ketones is 1. The number of rotatable bonds is 3. The van der Waals surface area contributed by atoms with Crippen LogP contribution in [0.5, 0.6) is 0 Å². The van der Waals surface area contributed by atoms with Crippen LogP contribution in [0.1, 0.15) is 53.8 Å². The van der Waals surface area contributed by atoms with Crippen LogP contribution in [-0.4, -0.2) is 35.2 Å². The van der Waals surface area contributed by atoms with Crippen LogP contribution in [0.15, 0.2) is 24.3 Å². The number of nitrogens with two attached hydrogens (primary N) is 1. The van der Waals surface area contributed by atoms with Gasteiger partial charge in [0.25, 0.3) is 5.91 Å². The third kappa shape index (κ3) is 4.05. The second-order valence-corrected chi connectivity index (χ2v) is 5.55. The Morgan fingerprint density at radius 3 is 2.29 bits per heavy atom. The highest BCUT2D eigenvalue weighted by atomic mass is 35.5. The maximum absolute atomic E-state index is 12.6. The summed E-state index contributed by atoms with van der Waals surface area (Å²) in [5.74, 6) is 0.0255. The molecule has 1 aromatic rings. The van der Waals surface area contributed by atoms with Crippen LogP contribution in [0.3, 0.4) is 0 Å². The summed E-state index contributed by atoms with van der Waals surface area (Å²) < 4.78 is 0. The lowest BCUT2D eigenvalue weighted by atomic mass is 9.96. The molecule has 1 fully saturated rings. The maximum Gasteiger partial charge on any atom is 0.254 e. The largest absolute Gasteiger partial charge is 0.334 e. The molecular weight excluding hydrogens is 288 g/mol. The van der Waals surface area contributed by atoms with Crippen molar-refractivity contribution in [1.29, 1.82) is 0 Å². The van der Waals surface area contributed by atoms with E-state index in [1.165, 1.54) is 6.92 Å². The fraction of sp³-hybridized carbons (Fsp3) is 0.500. The number of nitrogens with zero attached hydrogens (tertiary/aromatic N) is 1. The van der Waals surface area contributed by atoms with E-state index < -0.39 is 0 Å². The molecule has 2 atom stereocenters. The van der Waals surface area contributed by atoms with Crippen LogP contribution in [0.2, 0.25) is 0 Å². The van der Waals surface area contributed by atoms with Gasteiger partial charge in [-0.15, -0.1) is 12.4 Å². The lowest BCUT2D eigenvalue weighted by molar-refractivity contribution is 0.0583. The van der Waals surface area contributed by atoms with Gasteiger partial charge in [0.1, 0.15) is 0 Å². The van der Waals surface area contributed by atoms with E-state index in [2.05, 4.69) is 0 Å². The summed E-state index contributed by atoms with van der Waals surface area (Å²) in [6.07, 6.45) is 3.12. The Bertz CT molecular complexity index is 500. The molecule has 21 heavy (non-hydrogen) atoms. The quantitative estimate of drug-likeness (QED) is 0.873. The second kappa shape index (κ2) is 7.57. The predicted molar refractivity (Wildman–Crippen MR) is 86.0 cm³/mol. The first-order valence-corrected chi connectivity index (χ1v) is 7.18. The van der Waals surface area contributed by atoms with Crippen LogP contribution in [0.4, 0.5) is 0 Å². The van der Waals surface area contributed by atoms with Crippen molar-refractivity contribution in [1.82, 2.24) is 4.90 Å². The summed E-state index contributed by atoms with van der Waals surface area (Å²) >= 11 is 0. The van der Waals surface area contributed by atoms with Crippen molar-refractivity contribution in [2.45, 2.75) is 45.2 Å². The van der Waals surface area contributed by atoms with Gasteiger partial charge in [-0.2, -0.15) is 0 Å². The van der Waals surface area contributed by atoms with Gasteiger partial charge in [0.15, 0.2) is 5.78 Å². The topological polar surface area (TPSA) is 63.4 Å². The standard InChI is InChI=1S/C16H22N2O2.ClH/c1-11(17)15-5-3-4-10-18(15)16(20)14-8-6-13(7-9-14)12(2)19;/h6-9,11,15H,3-5,10,17H2,1-2H3;1H. The van der Waals surface area contributed by atoms with E-state index in [0.29, 0.717) is 11.1 Å². The fourth-order valence-corrected chi connectivity index (χ4v) is 2.77. The predicted octanol–water partition coefficient (Wildman–Crippen LogP) is 2.65. The van der Waals surface area contributed by atoms with Crippen molar-refractivity contribution >= 4 is 24.1 Å². The zero-order valence-electron chi connectivity index (χ0n) is 12.5. The average molecular weight is 311 g/mol. The summed E-state index contributed by atoms with van der Waals surface area (Å²) in [6.45, 7) is 4.24. The smallest absolute Gasteiger partial charge is 0.254 e. The molecule has 116 valence electrons. The van der Waals surface area contributed by atoms with Crippen LogP contribution >= 0.6 is 12.4 Å². The molecule has 1 saturated heterocycles. The average Bonchev–Trinajstić information content (AvgIpc) is 2.46. The Hall–Kier alpha value is -1.39. The van der Waals surface area contributed by atoms with Gasteiger partial charge in [0.2, 0.25) is 0 Å². The number of piperidine rings is 1. The van der Waals surface area contributed by atoms with Crippen LogP contribution < -0.4 is 5.73 Å². The first kappa shape index (κ1) is 17.7. The molecule has 0 bridgehead atoms. The van der Waals surface area contributed by atoms with E-state index in [9.17, 15) is 9.59 Å². The number of carbonyl (C=O) groups excluding carboxylic acids is 2. The summed E-state index contributed by atoms with van der Waals surface area (Å²) in [6, 6.07) is 6.97. The minimum atomic E-state index is -0.0178. The molecule has 0 aliphatic carbocycles. The molecule has 0 radical (unpaired) electrons. The Balaban J connectivity index is 0.00000220. The number of likely N-dealkylation sites (tertiary alicyclic amines) is 1. The van der Waals surface area contributed by atoms with Gasteiger partial charge in [-0.1, -0.05) is 12.1 Å². The van der Waals surface area contributed by atoms with Crippen LogP contribution in [-0.2, 0) is 0 Å². The number of Topliss-reactive ketones (excluding diaryl/α,β-unsaturated/α-hetero) is 1. The molecule has 0 spiro atoms. The molecule has 0 saturated carbocycles. The summed E-state index contributed by atoms with van der Waals surface area (Å²) in [5, 5.41) is 0. The zero-order chi connectivity index (χ0) is 14.7. The van der Waals surface area contributed by atoms with E-state index in [4.69, 9.17) is 5.73 Å². The molecule has 2 rings (SSSR count). The van der Waals surface area contributed by atoms with Gasteiger partial charge in [0, 0.05) is 29.8 Å². The third-order valence-corrected chi connectivity index (χ3v) is 3.96. The van der Waals surface area contributed by atoms with Gasteiger partial charge >= 0.3 is 0 Å². The SMILES string of the molecule is CC(=O)c1ccc(C(=O)N2CCCCC2C(C)N)cc1.Cl. The van der Waals surface area contributed by atoms with Crippen molar-refractivity contribution in [2.75, 3.05) is 6.54 Å².